The molecule has 0 bridgehead atoms. The molecule has 3 rings (SSSR count). The van der Waals surface area contributed by atoms with Crippen molar-refractivity contribution in [1.82, 2.24) is 14.8 Å². The summed E-state index contributed by atoms with van der Waals surface area (Å²) in [5.74, 6) is 0. The Balaban J connectivity index is 1.82. The van der Waals surface area contributed by atoms with Crippen molar-refractivity contribution in [3.8, 4) is 6.07 Å². The topological polar surface area (TPSA) is 57.7 Å². The molecule has 3 heterocycles. The molecule has 1 saturated heterocycles. The number of nitriles is 1. The SMILES string of the molecule is N#Cc1cnccc1N1CCC(n2cccn2)C1. The molecule has 1 unspecified atom stereocenters. The molecule has 0 radical (unpaired) electrons. The molecule has 18 heavy (non-hydrogen) atoms. The lowest BCUT2D eigenvalue weighted by molar-refractivity contribution is 0.495. The molecule has 1 aliphatic heterocycles. The number of rotatable bonds is 2. The van der Waals surface area contributed by atoms with Crippen LogP contribution in [0.25, 0.3) is 0 Å². The molecule has 1 atom stereocenters. The molecular weight excluding hydrogens is 226 g/mol. The van der Waals surface area contributed by atoms with Gasteiger partial charge in [0.1, 0.15) is 6.07 Å². The van der Waals surface area contributed by atoms with Crippen molar-refractivity contribution in [2.45, 2.75) is 12.5 Å². The molecule has 0 saturated carbocycles. The van der Waals surface area contributed by atoms with E-state index in [1.807, 2.05) is 23.0 Å². The molecule has 2 aromatic heterocycles. The van der Waals surface area contributed by atoms with Gasteiger partial charge in [0.25, 0.3) is 0 Å². The number of hydrogen-bond donors (Lipinski definition) is 0. The Bertz CT molecular complexity index is 569. The fourth-order valence-corrected chi connectivity index (χ4v) is 2.42. The van der Waals surface area contributed by atoms with Gasteiger partial charge in [-0.15, -0.1) is 0 Å². The maximum absolute atomic E-state index is 9.09. The first-order valence-electron chi connectivity index (χ1n) is 5.96. The lowest BCUT2D eigenvalue weighted by Gasteiger charge is -2.19. The minimum atomic E-state index is 0.389. The van der Waals surface area contributed by atoms with E-state index in [2.05, 4.69) is 21.1 Å². The van der Waals surface area contributed by atoms with Gasteiger partial charge in [0.2, 0.25) is 0 Å². The molecule has 0 spiro atoms. The van der Waals surface area contributed by atoms with Crippen LogP contribution >= 0.6 is 0 Å². The van der Waals surface area contributed by atoms with Crippen LogP contribution in [0.5, 0.6) is 0 Å². The summed E-state index contributed by atoms with van der Waals surface area (Å²) < 4.78 is 1.99. The van der Waals surface area contributed by atoms with Gasteiger partial charge in [0, 0.05) is 37.9 Å². The lowest BCUT2D eigenvalue weighted by atomic mass is 10.2. The van der Waals surface area contributed by atoms with Gasteiger partial charge >= 0.3 is 0 Å². The highest BCUT2D eigenvalue weighted by molar-refractivity contribution is 5.58. The van der Waals surface area contributed by atoms with E-state index in [1.165, 1.54) is 0 Å². The number of anilines is 1. The standard InChI is InChI=1S/C13H13N5/c14-8-11-9-15-5-2-13(11)17-7-3-12(10-17)18-6-1-4-16-18/h1-2,4-6,9,12H,3,7,10H2. The van der Waals surface area contributed by atoms with Crippen LogP contribution in [0.2, 0.25) is 0 Å². The van der Waals surface area contributed by atoms with Gasteiger partial charge in [-0.2, -0.15) is 10.4 Å². The zero-order valence-corrected chi connectivity index (χ0v) is 9.90. The summed E-state index contributed by atoms with van der Waals surface area (Å²) in [6.07, 6.45) is 8.20. The highest BCUT2D eigenvalue weighted by Gasteiger charge is 2.25. The van der Waals surface area contributed by atoms with Crippen molar-refractivity contribution >= 4 is 5.69 Å². The van der Waals surface area contributed by atoms with Gasteiger partial charge in [-0.05, 0) is 18.6 Å². The predicted molar refractivity (Wildman–Crippen MR) is 67.0 cm³/mol. The van der Waals surface area contributed by atoms with E-state index in [9.17, 15) is 0 Å². The third-order valence-corrected chi connectivity index (χ3v) is 3.32. The first-order chi connectivity index (χ1) is 8.88. The third kappa shape index (κ3) is 1.82. The predicted octanol–water partition coefficient (Wildman–Crippen LogP) is 1.60. The minimum Gasteiger partial charge on any atom is -0.368 e. The molecule has 0 aliphatic carbocycles. The number of nitrogens with zero attached hydrogens (tertiary/aromatic N) is 5. The second-order valence-corrected chi connectivity index (χ2v) is 4.38. The highest BCUT2D eigenvalue weighted by Crippen LogP contribution is 2.28. The Hall–Kier alpha value is -2.35. The summed E-state index contributed by atoms with van der Waals surface area (Å²) in [6.45, 7) is 1.84. The lowest BCUT2D eigenvalue weighted by Crippen LogP contribution is -2.22. The largest absolute Gasteiger partial charge is 0.368 e. The van der Waals surface area contributed by atoms with Gasteiger partial charge in [-0.3, -0.25) is 9.67 Å². The van der Waals surface area contributed by atoms with E-state index < -0.39 is 0 Å². The molecule has 1 fully saturated rings. The van der Waals surface area contributed by atoms with Gasteiger partial charge in [-0.1, -0.05) is 0 Å². The fourth-order valence-electron chi connectivity index (χ4n) is 2.42. The van der Waals surface area contributed by atoms with Crippen molar-refractivity contribution in [2.75, 3.05) is 18.0 Å². The van der Waals surface area contributed by atoms with E-state index >= 15 is 0 Å². The highest BCUT2D eigenvalue weighted by atomic mass is 15.3. The molecule has 0 N–H and O–H groups in total. The number of pyridine rings is 1. The average molecular weight is 239 g/mol. The van der Waals surface area contributed by atoms with E-state index in [0.29, 0.717) is 11.6 Å². The quantitative estimate of drug-likeness (QED) is 0.798. The van der Waals surface area contributed by atoms with Crippen LogP contribution in [0.4, 0.5) is 5.69 Å². The van der Waals surface area contributed by atoms with E-state index in [1.54, 1.807) is 18.6 Å². The Kier molecular flexibility index (Phi) is 2.69. The molecule has 1 aliphatic rings. The Morgan fingerprint density at radius 2 is 2.33 bits per heavy atom. The first kappa shape index (κ1) is 10.8. The van der Waals surface area contributed by atoms with Gasteiger partial charge < -0.3 is 4.90 Å². The molecular formula is C13H13N5. The van der Waals surface area contributed by atoms with Crippen LogP contribution in [0.3, 0.4) is 0 Å². The van der Waals surface area contributed by atoms with E-state index in [4.69, 9.17) is 5.26 Å². The van der Waals surface area contributed by atoms with Crippen LogP contribution in [-0.4, -0.2) is 27.9 Å². The van der Waals surface area contributed by atoms with Gasteiger partial charge in [0.05, 0.1) is 17.3 Å². The minimum absolute atomic E-state index is 0.389. The van der Waals surface area contributed by atoms with Crippen LogP contribution < -0.4 is 4.90 Å². The Morgan fingerprint density at radius 3 is 3.11 bits per heavy atom. The Morgan fingerprint density at radius 1 is 1.39 bits per heavy atom. The van der Waals surface area contributed by atoms with Crippen LogP contribution in [-0.2, 0) is 0 Å². The zero-order chi connectivity index (χ0) is 12.4. The zero-order valence-electron chi connectivity index (χ0n) is 9.90. The van der Waals surface area contributed by atoms with Crippen LogP contribution in [0, 0.1) is 11.3 Å². The normalized spacial score (nSPS) is 18.8. The summed E-state index contributed by atoms with van der Waals surface area (Å²) in [5, 5.41) is 13.4. The smallest absolute Gasteiger partial charge is 0.103 e. The fraction of sp³-hybridized carbons (Fsp3) is 0.308. The third-order valence-electron chi connectivity index (χ3n) is 3.32. The van der Waals surface area contributed by atoms with Crippen molar-refractivity contribution in [3.63, 3.8) is 0 Å². The molecule has 0 amide bonds. The molecule has 5 heteroatoms. The monoisotopic (exact) mass is 239 g/mol. The molecule has 90 valence electrons. The molecule has 5 nitrogen and oxygen atoms in total. The van der Waals surface area contributed by atoms with Gasteiger partial charge in [-0.25, -0.2) is 0 Å². The summed E-state index contributed by atoms with van der Waals surface area (Å²) in [5.41, 5.74) is 1.61. The number of aromatic nitrogens is 3. The molecule has 0 aromatic carbocycles. The van der Waals surface area contributed by atoms with Crippen molar-refractivity contribution in [1.29, 1.82) is 5.26 Å². The van der Waals surface area contributed by atoms with Crippen molar-refractivity contribution in [3.05, 3.63) is 42.5 Å². The van der Waals surface area contributed by atoms with Gasteiger partial charge in [0.15, 0.2) is 0 Å². The van der Waals surface area contributed by atoms with Crippen molar-refractivity contribution < 1.29 is 0 Å². The Labute approximate surface area is 105 Å². The first-order valence-corrected chi connectivity index (χ1v) is 5.96. The maximum atomic E-state index is 9.09. The summed E-state index contributed by atoms with van der Waals surface area (Å²) in [7, 11) is 0. The average Bonchev–Trinajstić information content (AvgIpc) is 3.09. The van der Waals surface area contributed by atoms with Crippen molar-refractivity contribution in [2.24, 2.45) is 0 Å². The molecule has 2 aromatic rings. The maximum Gasteiger partial charge on any atom is 0.103 e. The summed E-state index contributed by atoms with van der Waals surface area (Å²) in [4.78, 5) is 6.22. The number of hydrogen-bond acceptors (Lipinski definition) is 4. The summed E-state index contributed by atoms with van der Waals surface area (Å²) in [6, 6.07) is 6.43. The van der Waals surface area contributed by atoms with E-state index in [-0.39, 0.29) is 0 Å². The van der Waals surface area contributed by atoms with Crippen LogP contribution in [0.1, 0.15) is 18.0 Å². The van der Waals surface area contributed by atoms with Crippen LogP contribution in [0.15, 0.2) is 36.9 Å². The second kappa shape index (κ2) is 4.49. The van der Waals surface area contributed by atoms with E-state index in [0.717, 1.165) is 25.2 Å². The second-order valence-electron chi connectivity index (χ2n) is 4.38. The summed E-state index contributed by atoms with van der Waals surface area (Å²) >= 11 is 0.